The maximum atomic E-state index is 12.8. The lowest BCUT2D eigenvalue weighted by atomic mass is 10.1. The van der Waals surface area contributed by atoms with Crippen LogP contribution in [-0.4, -0.2) is 55.5 Å². The molecule has 0 N–H and O–H groups in total. The summed E-state index contributed by atoms with van der Waals surface area (Å²) in [6.07, 6.45) is -0.688. The Labute approximate surface area is 159 Å². The lowest BCUT2D eigenvalue weighted by Crippen LogP contribution is -2.53. The monoisotopic (exact) mass is 368 g/mol. The van der Waals surface area contributed by atoms with Gasteiger partial charge in [-0.15, -0.1) is 0 Å². The summed E-state index contributed by atoms with van der Waals surface area (Å²) in [7, 11) is 3.13. The van der Waals surface area contributed by atoms with E-state index < -0.39 is 6.10 Å². The average molecular weight is 368 g/mol. The van der Waals surface area contributed by atoms with Gasteiger partial charge in [-0.2, -0.15) is 0 Å². The van der Waals surface area contributed by atoms with Gasteiger partial charge in [0.15, 0.2) is 6.10 Å². The van der Waals surface area contributed by atoms with Gasteiger partial charge < -0.3 is 19.3 Å². The van der Waals surface area contributed by atoms with Crippen LogP contribution in [-0.2, 0) is 20.9 Å². The molecule has 0 aromatic heterocycles. The highest BCUT2D eigenvalue weighted by molar-refractivity contribution is 5.88. The SMILES string of the molecule is COc1ccc(CN2CCN(C(=O)C(OC)c3ccccc3)CC2=O)cc1. The molecule has 0 radical (unpaired) electrons. The highest BCUT2D eigenvalue weighted by atomic mass is 16.5. The number of hydrogen-bond acceptors (Lipinski definition) is 4. The van der Waals surface area contributed by atoms with Crippen molar-refractivity contribution >= 4 is 11.8 Å². The normalized spacial score (nSPS) is 15.6. The molecular formula is C21H24N2O4. The lowest BCUT2D eigenvalue weighted by Gasteiger charge is -2.35. The molecule has 1 heterocycles. The van der Waals surface area contributed by atoms with Crippen molar-refractivity contribution in [3.63, 3.8) is 0 Å². The summed E-state index contributed by atoms with van der Waals surface area (Å²) in [6.45, 7) is 1.59. The molecule has 1 saturated heterocycles. The van der Waals surface area contributed by atoms with Crippen molar-refractivity contribution in [1.82, 2.24) is 9.80 Å². The number of amides is 2. The molecule has 1 aliphatic heterocycles. The largest absolute Gasteiger partial charge is 0.497 e. The molecule has 142 valence electrons. The van der Waals surface area contributed by atoms with Gasteiger partial charge in [0.05, 0.1) is 13.7 Å². The van der Waals surface area contributed by atoms with Crippen LogP contribution in [0.25, 0.3) is 0 Å². The van der Waals surface area contributed by atoms with E-state index in [4.69, 9.17) is 9.47 Å². The van der Waals surface area contributed by atoms with Gasteiger partial charge in [0, 0.05) is 26.7 Å². The summed E-state index contributed by atoms with van der Waals surface area (Å²) in [5.41, 5.74) is 1.82. The predicted octanol–water partition coefficient (Wildman–Crippen LogP) is 2.25. The maximum absolute atomic E-state index is 12.8. The van der Waals surface area contributed by atoms with Crippen LogP contribution in [0.4, 0.5) is 0 Å². The van der Waals surface area contributed by atoms with Crippen LogP contribution in [0, 0.1) is 0 Å². The Balaban J connectivity index is 1.61. The van der Waals surface area contributed by atoms with Gasteiger partial charge in [-0.05, 0) is 23.3 Å². The van der Waals surface area contributed by atoms with Crippen LogP contribution in [0.15, 0.2) is 54.6 Å². The molecule has 0 saturated carbocycles. The number of benzene rings is 2. The van der Waals surface area contributed by atoms with Gasteiger partial charge in [-0.1, -0.05) is 42.5 Å². The van der Waals surface area contributed by atoms with Crippen molar-refractivity contribution in [2.24, 2.45) is 0 Å². The van der Waals surface area contributed by atoms with Crippen molar-refractivity contribution in [2.75, 3.05) is 33.9 Å². The van der Waals surface area contributed by atoms with Gasteiger partial charge in [0.1, 0.15) is 5.75 Å². The molecule has 1 unspecified atom stereocenters. The van der Waals surface area contributed by atoms with Crippen LogP contribution >= 0.6 is 0 Å². The summed E-state index contributed by atoms with van der Waals surface area (Å²) >= 11 is 0. The Kier molecular flexibility index (Phi) is 6.08. The zero-order valence-corrected chi connectivity index (χ0v) is 15.6. The minimum atomic E-state index is -0.688. The molecule has 27 heavy (non-hydrogen) atoms. The van der Waals surface area contributed by atoms with E-state index in [0.29, 0.717) is 19.6 Å². The highest BCUT2D eigenvalue weighted by Crippen LogP contribution is 2.21. The zero-order valence-electron chi connectivity index (χ0n) is 15.6. The van der Waals surface area contributed by atoms with Crippen LogP contribution in [0.3, 0.4) is 0 Å². The molecule has 0 aliphatic carbocycles. The third kappa shape index (κ3) is 4.46. The van der Waals surface area contributed by atoms with Gasteiger partial charge in [-0.3, -0.25) is 9.59 Å². The number of carbonyl (C=O) groups excluding carboxylic acids is 2. The molecule has 0 spiro atoms. The zero-order chi connectivity index (χ0) is 19.2. The lowest BCUT2D eigenvalue weighted by molar-refractivity contribution is -0.152. The number of rotatable bonds is 6. The number of carbonyl (C=O) groups is 2. The molecule has 2 aromatic rings. The molecule has 6 heteroatoms. The summed E-state index contributed by atoms with van der Waals surface area (Å²) in [6, 6.07) is 17.0. The Morgan fingerprint density at radius 3 is 2.33 bits per heavy atom. The van der Waals surface area contributed by atoms with Crippen LogP contribution < -0.4 is 4.74 Å². The third-order valence-corrected chi connectivity index (χ3v) is 4.73. The first kappa shape index (κ1) is 18.9. The second-order valence-corrected chi connectivity index (χ2v) is 6.45. The predicted molar refractivity (Wildman–Crippen MR) is 101 cm³/mol. The smallest absolute Gasteiger partial charge is 0.256 e. The fraction of sp³-hybridized carbons (Fsp3) is 0.333. The first-order chi connectivity index (χ1) is 13.1. The second kappa shape index (κ2) is 8.68. The van der Waals surface area contributed by atoms with E-state index in [1.807, 2.05) is 54.6 Å². The minimum Gasteiger partial charge on any atom is -0.497 e. The minimum absolute atomic E-state index is 0.0617. The highest BCUT2D eigenvalue weighted by Gasteiger charge is 2.32. The Morgan fingerprint density at radius 2 is 1.74 bits per heavy atom. The Morgan fingerprint density at radius 1 is 1.04 bits per heavy atom. The van der Waals surface area contributed by atoms with Crippen LogP contribution in [0.5, 0.6) is 5.75 Å². The topological polar surface area (TPSA) is 59.1 Å². The van der Waals surface area contributed by atoms with Crippen molar-refractivity contribution in [3.8, 4) is 5.75 Å². The number of methoxy groups -OCH3 is 2. The summed E-state index contributed by atoms with van der Waals surface area (Å²) in [4.78, 5) is 28.7. The number of piperazine rings is 1. The van der Waals surface area contributed by atoms with E-state index in [9.17, 15) is 9.59 Å². The van der Waals surface area contributed by atoms with E-state index in [1.165, 1.54) is 7.11 Å². The number of nitrogens with zero attached hydrogens (tertiary/aromatic N) is 2. The molecule has 1 fully saturated rings. The van der Waals surface area contributed by atoms with Gasteiger partial charge in [0.2, 0.25) is 5.91 Å². The van der Waals surface area contributed by atoms with E-state index in [0.717, 1.165) is 16.9 Å². The fourth-order valence-electron chi connectivity index (χ4n) is 3.19. The average Bonchev–Trinajstić information content (AvgIpc) is 2.71. The van der Waals surface area contributed by atoms with Crippen molar-refractivity contribution in [1.29, 1.82) is 0 Å². The third-order valence-electron chi connectivity index (χ3n) is 4.73. The number of hydrogen-bond donors (Lipinski definition) is 0. The second-order valence-electron chi connectivity index (χ2n) is 6.45. The Bertz CT molecular complexity index is 777. The van der Waals surface area contributed by atoms with E-state index in [-0.39, 0.29) is 18.4 Å². The van der Waals surface area contributed by atoms with E-state index >= 15 is 0 Å². The van der Waals surface area contributed by atoms with Crippen molar-refractivity contribution in [3.05, 3.63) is 65.7 Å². The molecule has 1 atom stereocenters. The molecule has 0 bridgehead atoms. The maximum Gasteiger partial charge on any atom is 0.256 e. The summed E-state index contributed by atoms with van der Waals surface area (Å²) in [5, 5.41) is 0. The van der Waals surface area contributed by atoms with E-state index in [2.05, 4.69) is 0 Å². The molecule has 1 aliphatic rings. The van der Waals surface area contributed by atoms with Crippen molar-refractivity contribution < 1.29 is 19.1 Å². The molecule has 2 amide bonds. The summed E-state index contributed by atoms with van der Waals surface area (Å²) < 4.78 is 10.6. The van der Waals surface area contributed by atoms with Crippen molar-refractivity contribution in [2.45, 2.75) is 12.6 Å². The molecule has 3 rings (SSSR count). The van der Waals surface area contributed by atoms with Gasteiger partial charge >= 0.3 is 0 Å². The van der Waals surface area contributed by atoms with Gasteiger partial charge in [0.25, 0.3) is 5.91 Å². The van der Waals surface area contributed by atoms with Crippen LogP contribution in [0.2, 0.25) is 0 Å². The van der Waals surface area contributed by atoms with E-state index in [1.54, 1.807) is 16.9 Å². The summed E-state index contributed by atoms with van der Waals surface area (Å²) in [5.74, 6) is 0.543. The first-order valence-corrected chi connectivity index (χ1v) is 8.89. The Hall–Kier alpha value is -2.86. The standard InChI is InChI=1S/C21H24N2O4/c1-26-18-10-8-16(9-11-18)14-22-12-13-23(15-19(22)24)21(25)20(27-2)17-6-4-3-5-7-17/h3-11,20H,12-15H2,1-2H3. The van der Waals surface area contributed by atoms with Gasteiger partial charge in [-0.25, -0.2) is 0 Å². The molecule has 2 aromatic carbocycles. The molecular weight excluding hydrogens is 344 g/mol. The quantitative estimate of drug-likeness (QED) is 0.785. The first-order valence-electron chi connectivity index (χ1n) is 8.89. The van der Waals surface area contributed by atoms with Crippen LogP contribution in [0.1, 0.15) is 17.2 Å². The number of ether oxygens (including phenoxy) is 2. The molecule has 6 nitrogen and oxygen atoms in total. The fourth-order valence-corrected chi connectivity index (χ4v) is 3.19.